The van der Waals surface area contributed by atoms with Crippen molar-refractivity contribution in [1.82, 2.24) is 4.68 Å². The second-order valence-corrected chi connectivity index (χ2v) is 8.91. The number of benzene rings is 2. The summed E-state index contributed by atoms with van der Waals surface area (Å²) >= 11 is 1.54. The normalized spacial score (nSPS) is 16.8. The summed E-state index contributed by atoms with van der Waals surface area (Å²) in [7, 11) is 0. The van der Waals surface area contributed by atoms with Gasteiger partial charge >= 0.3 is 0 Å². The summed E-state index contributed by atoms with van der Waals surface area (Å²) in [5, 5.41) is 9.87. The Morgan fingerprint density at radius 3 is 2.71 bits per heavy atom. The third-order valence-corrected chi connectivity index (χ3v) is 6.65. The number of thiazole rings is 1. The van der Waals surface area contributed by atoms with Crippen molar-refractivity contribution in [2.75, 3.05) is 49.7 Å². The number of fused-ring (bicyclic) bond motifs is 1. The van der Waals surface area contributed by atoms with Gasteiger partial charge in [0, 0.05) is 36.3 Å². The SMILES string of the molecule is CCN=c1scc(-c2ccc3c(c2)NC(=O)CO3)n1N=C(C)c1ccc(N2CCOCC2)cc1. The number of anilines is 2. The number of amides is 1. The van der Waals surface area contributed by atoms with E-state index < -0.39 is 0 Å². The van der Waals surface area contributed by atoms with Crippen LogP contribution in [-0.4, -0.2) is 55.7 Å². The lowest BCUT2D eigenvalue weighted by Crippen LogP contribution is -2.36. The minimum atomic E-state index is -0.154. The summed E-state index contributed by atoms with van der Waals surface area (Å²) in [4.78, 5) is 19.6. The van der Waals surface area contributed by atoms with Crippen molar-refractivity contribution < 1.29 is 14.3 Å². The van der Waals surface area contributed by atoms with Crippen LogP contribution in [0.1, 0.15) is 19.4 Å². The largest absolute Gasteiger partial charge is 0.482 e. The van der Waals surface area contributed by atoms with Gasteiger partial charge in [-0.1, -0.05) is 12.1 Å². The molecule has 1 aromatic heterocycles. The summed E-state index contributed by atoms with van der Waals surface area (Å²) < 4.78 is 12.8. The number of aromatic nitrogens is 1. The molecule has 1 fully saturated rings. The summed E-state index contributed by atoms with van der Waals surface area (Å²) in [6.07, 6.45) is 0. The molecule has 2 aliphatic rings. The molecule has 0 radical (unpaired) electrons. The minimum Gasteiger partial charge on any atom is -0.482 e. The predicted molar refractivity (Wildman–Crippen MR) is 135 cm³/mol. The third-order valence-electron chi connectivity index (χ3n) is 5.80. The second-order valence-electron chi connectivity index (χ2n) is 8.07. The lowest BCUT2D eigenvalue weighted by atomic mass is 10.1. The Balaban J connectivity index is 1.49. The molecular formula is C25H27N5O3S. The van der Waals surface area contributed by atoms with Crippen molar-refractivity contribution in [2.45, 2.75) is 13.8 Å². The summed E-state index contributed by atoms with van der Waals surface area (Å²) in [5.41, 5.74) is 5.64. The topological polar surface area (TPSA) is 80.4 Å². The number of morpholine rings is 1. The van der Waals surface area contributed by atoms with Crippen molar-refractivity contribution in [2.24, 2.45) is 10.1 Å². The van der Waals surface area contributed by atoms with E-state index in [0.29, 0.717) is 18.0 Å². The first-order valence-electron chi connectivity index (χ1n) is 11.4. The molecule has 3 heterocycles. The maximum Gasteiger partial charge on any atom is 0.262 e. The average Bonchev–Trinajstić information content (AvgIpc) is 3.26. The molecule has 2 aliphatic heterocycles. The second kappa shape index (κ2) is 9.82. The van der Waals surface area contributed by atoms with E-state index in [1.807, 2.05) is 42.1 Å². The third kappa shape index (κ3) is 4.62. The molecule has 34 heavy (non-hydrogen) atoms. The van der Waals surface area contributed by atoms with Crippen molar-refractivity contribution in [3.05, 3.63) is 58.2 Å². The molecule has 1 amide bonds. The average molecular weight is 478 g/mol. The van der Waals surface area contributed by atoms with Crippen LogP contribution in [0, 0.1) is 0 Å². The lowest BCUT2D eigenvalue weighted by molar-refractivity contribution is -0.118. The Labute approximate surface area is 202 Å². The molecule has 0 aliphatic carbocycles. The molecule has 176 valence electrons. The molecule has 5 rings (SSSR count). The van der Waals surface area contributed by atoms with Crippen molar-refractivity contribution >= 4 is 34.3 Å². The standard InChI is InChI=1S/C25H27N5O3S/c1-3-26-25-30(22(16-34-25)19-6-9-23-21(14-19)27-24(31)15-33-23)28-17(2)18-4-7-20(8-5-18)29-10-12-32-13-11-29/h4-9,14,16H,3,10-13,15H2,1-2H3,(H,27,31). The van der Waals surface area contributed by atoms with E-state index in [2.05, 4.69) is 39.5 Å². The van der Waals surface area contributed by atoms with Crippen molar-refractivity contribution in [3.8, 4) is 17.0 Å². The van der Waals surface area contributed by atoms with Crippen LogP contribution in [0.3, 0.4) is 0 Å². The molecule has 0 spiro atoms. The summed E-state index contributed by atoms with van der Waals surface area (Å²) in [6.45, 7) is 8.08. The van der Waals surface area contributed by atoms with Gasteiger partial charge in [0.15, 0.2) is 6.61 Å². The van der Waals surface area contributed by atoms with Crippen LogP contribution in [0.4, 0.5) is 11.4 Å². The molecule has 9 heteroatoms. The molecule has 0 bridgehead atoms. The van der Waals surface area contributed by atoms with Gasteiger partial charge in [-0.25, -0.2) is 4.68 Å². The van der Waals surface area contributed by atoms with Crippen LogP contribution >= 0.6 is 11.3 Å². The first-order chi connectivity index (χ1) is 16.6. The number of hydrogen-bond donors (Lipinski definition) is 1. The van der Waals surface area contributed by atoms with E-state index >= 15 is 0 Å². The molecule has 1 saturated heterocycles. The Morgan fingerprint density at radius 2 is 1.94 bits per heavy atom. The van der Waals surface area contributed by atoms with Gasteiger partial charge in [-0.05, 0) is 49.7 Å². The fourth-order valence-corrected chi connectivity index (χ4v) is 4.92. The van der Waals surface area contributed by atoms with E-state index in [1.54, 1.807) is 11.3 Å². The maximum absolute atomic E-state index is 11.8. The van der Waals surface area contributed by atoms with Gasteiger partial charge < -0.3 is 19.7 Å². The Bertz CT molecular complexity index is 1290. The first kappa shape index (κ1) is 22.4. The zero-order chi connectivity index (χ0) is 23.5. The molecule has 0 atom stereocenters. The Morgan fingerprint density at radius 1 is 1.15 bits per heavy atom. The number of rotatable bonds is 5. The highest BCUT2D eigenvalue weighted by molar-refractivity contribution is 7.07. The van der Waals surface area contributed by atoms with Crippen LogP contribution in [0.25, 0.3) is 11.3 Å². The zero-order valence-electron chi connectivity index (χ0n) is 19.3. The molecule has 0 unspecified atom stereocenters. The number of nitrogens with one attached hydrogen (secondary N) is 1. The van der Waals surface area contributed by atoms with E-state index in [0.717, 1.165) is 53.6 Å². The highest BCUT2D eigenvalue weighted by Gasteiger charge is 2.18. The summed E-state index contributed by atoms with van der Waals surface area (Å²) in [6, 6.07) is 14.3. The fourth-order valence-electron chi connectivity index (χ4n) is 4.02. The van der Waals surface area contributed by atoms with Gasteiger partial charge in [-0.2, -0.15) is 5.10 Å². The monoisotopic (exact) mass is 477 g/mol. The Kier molecular flexibility index (Phi) is 6.46. The fraction of sp³-hybridized carbons (Fsp3) is 0.320. The number of carbonyl (C=O) groups is 1. The van der Waals surface area contributed by atoms with Gasteiger partial charge in [-0.3, -0.25) is 9.79 Å². The van der Waals surface area contributed by atoms with Gasteiger partial charge in [0.25, 0.3) is 5.91 Å². The molecule has 0 saturated carbocycles. The molecular weight excluding hydrogens is 450 g/mol. The van der Waals surface area contributed by atoms with E-state index in [4.69, 9.17) is 14.6 Å². The lowest BCUT2D eigenvalue weighted by Gasteiger charge is -2.28. The number of nitrogens with zero attached hydrogens (tertiary/aromatic N) is 4. The van der Waals surface area contributed by atoms with Crippen LogP contribution in [0.2, 0.25) is 0 Å². The van der Waals surface area contributed by atoms with Crippen molar-refractivity contribution in [3.63, 3.8) is 0 Å². The number of carbonyl (C=O) groups excluding carboxylic acids is 1. The first-order valence-corrected chi connectivity index (χ1v) is 12.3. The van der Waals surface area contributed by atoms with Crippen molar-refractivity contribution in [1.29, 1.82) is 0 Å². The van der Waals surface area contributed by atoms with Crippen LogP contribution in [-0.2, 0) is 9.53 Å². The van der Waals surface area contributed by atoms with Crippen LogP contribution < -0.4 is 19.8 Å². The zero-order valence-corrected chi connectivity index (χ0v) is 20.1. The maximum atomic E-state index is 11.8. The summed E-state index contributed by atoms with van der Waals surface area (Å²) in [5.74, 6) is 0.516. The minimum absolute atomic E-state index is 0.0398. The molecule has 1 N–H and O–H groups in total. The highest BCUT2D eigenvalue weighted by atomic mass is 32.1. The van der Waals surface area contributed by atoms with E-state index in [9.17, 15) is 4.79 Å². The van der Waals surface area contributed by atoms with Gasteiger partial charge in [0.05, 0.1) is 30.3 Å². The number of hydrogen-bond acceptors (Lipinski definition) is 7. The van der Waals surface area contributed by atoms with Gasteiger partial charge in [-0.15, -0.1) is 11.3 Å². The Hall–Kier alpha value is -3.43. The van der Waals surface area contributed by atoms with Gasteiger partial charge in [0.2, 0.25) is 4.80 Å². The van der Waals surface area contributed by atoms with Gasteiger partial charge in [0.1, 0.15) is 5.75 Å². The van der Waals surface area contributed by atoms with E-state index in [-0.39, 0.29) is 12.5 Å². The van der Waals surface area contributed by atoms with Crippen LogP contribution in [0.15, 0.2) is 57.9 Å². The molecule has 8 nitrogen and oxygen atoms in total. The highest BCUT2D eigenvalue weighted by Crippen LogP contribution is 2.33. The molecule has 2 aromatic carbocycles. The number of ether oxygens (including phenoxy) is 2. The smallest absolute Gasteiger partial charge is 0.262 e. The van der Waals surface area contributed by atoms with Crippen LogP contribution in [0.5, 0.6) is 5.75 Å². The van der Waals surface area contributed by atoms with E-state index in [1.165, 1.54) is 5.69 Å². The molecule has 3 aromatic rings. The quantitative estimate of drug-likeness (QED) is 0.570. The predicted octanol–water partition coefficient (Wildman–Crippen LogP) is 3.58.